The fourth-order valence-electron chi connectivity index (χ4n) is 4.07. The number of hydrogen-bond acceptors (Lipinski definition) is 5. The number of fused-ring (bicyclic) bond motifs is 1. The van der Waals surface area contributed by atoms with Gasteiger partial charge in [0.2, 0.25) is 5.91 Å². The summed E-state index contributed by atoms with van der Waals surface area (Å²) in [6.45, 7) is 4.40. The summed E-state index contributed by atoms with van der Waals surface area (Å²) in [4.78, 5) is 33.8. The Hall–Kier alpha value is -2.86. The van der Waals surface area contributed by atoms with Crippen LogP contribution in [-0.2, 0) is 14.4 Å². The van der Waals surface area contributed by atoms with Gasteiger partial charge in [-0.1, -0.05) is 43.7 Å². The maximum atomic E-state index is 13.4. The lowest BCUT2D eigenvalue weighted by atomic mass is 9.93. The number of hydrogen-bond donors (Lipinski definition) is 0. The number of carbonyl (C=O) groups is 2. The summed E-state index contributed by atoms with van der Waals surface area (Å²) in [6.07, 6.45) is 0.840. The van der Waals surface area contributed by atoms with E-state index in [1.165, 1.54) is 4.90 Å². The molecule has 0 aliphatic carbocycles. The van der Waals surface area contributed by atoms with Crippen LogP contribution in [0.1, 0.15) is 26.7 Å². The van der Waals surface area contributed by atoms with Crippen molar-refractivity contribution in [3.8, 4) is 5.75 Å². The van der Waals surface area contributed by atoms with Crippen LogP contribution in [0.25, 0.3) is 0 Å². The largest absolute Gasteiger partial charge is 0.492 e. The predicted molar refractivity (Wildman–Crippen MR) is 106 cm³/mol. The van der Waals surface area contributed by atoms with E-state index in [1.54, 1.807) is 23.3 Å². The van der Waals surface area contributed by atoms with Crippen molar-refractivity contribution in [2.75, 3.05) is 16.6 Å². The van der Waals surface area contributed by atoms with E-state index < -0.39 is 12.0 Å². The molecule has 2 aromatic carbocycles. The summed E-state index contributed by atoms with van der Waals surface area (Å²) < 4.78 is 5.64. The Morgan fingerprint density at radius 2 is 1.68 bits per heavy atom. The molecule has 2 aliphatic heterocycles. The molecule has 2 saturated heterocycles. The molecular formula is C22H24N2O4. The van der Waals surface area contributed by atoms with Crippen molar-refractivity contribution in [2.24, 2.45) is 5.92 Å². The second-order valence-corrected chi connectivity index (χ2v) is 6.98. The molecule has 0 unspecified atom stereocenters. The van der Waals surface area contributed by atoms with E-state index in [0.717, 1.165) is 18.5 Å². The summed E-state index contributed by atoms with van der Waals surface area (Å²) >= 11 is 0. The third-order valence-corrected chi connectivity index (χ3v) is 5.24. The number of carbonyl (C=O) groups excluding carboxylic acids is 2. The van der Waals surface area contributed by atoms with E-state index in [2.05, 4.69) is 6.92 Å². The van der Waals surface area contributed by atoms with Gasteiger partial charge in [-0.3, -0.25) is 14.4 Å². The molecule has 0 aromatic heterocycles. The number of nitrogens with zero attached hydrogens (tertiary/aromatic N) is 2. The fraction of sp³-hybridized carbons (Fsp3) is 0.364. The van der Waals surface area contributed by atoms with Gasteiger partial charge in [-0.05, 0) is 37.6 Å². The minimum absolute atomic E-state index is 0.182. The Balaban J connectivity index is 1.69. The Kier molecular flexibility index (Phi) is 5.05. The third-order valence-electron chi connectivity index (χ3n) is 5.24. The summed E-state index contributed by atoms with van der Waals surface area (Å²) in [7, 11) is 0. The molecule has 2 fully saturated rings. The van der Waals surface area contributed by atoms with Gasteiger partial charge in [-0.25, -0.2) is 9.96 Å². The SMILES string of the molecule is CCC[C@H]1[C@@H]2C(=O)N(c3ccccc3OCC)C(=O)[C@H]2ON1c1ccccc1. The molecule has 0 N–H and O–H groups in total. The zero-order chi connectivity index (χ0) is 19.7. The van der Waals surface area contributed by atoms with E-state index in [9.17, 15) is 9.59 Å². The number of imide groups is 1. The maximum absolute atomic E-state index is 13.4. The first-order chi connectivity index (χ1) is 13.7. The van der Waals surface area contributed by atoms with E-state index in [0.29, 0.717) is 18.0 Å². The lowest BCUT2D eigenvalue weighted by Gasteiger charge is -2.28. The normalized spacial score (nSPS) is 24.0. The van der Waals surface area contributed by atoms with Gasteiger partial charge in [0.05, 0.1) is 29.9 Å². The summed E-state index contributed by atoms with van der Waals surface area (Å²) in [5.74, 6) is -0.554. The molecule has 4 rings (SSSR count). The highest BCUT2D eigenvalue weighted by Gasteiger charge is 2.59. The minimum atomic E-state index is -0.807. The highest BCUT2D eigenvalue weighted by molar-refractivity contribution is 6.24. The number of para-hydroxylation sites is 3. The summed E-state index contributed by atoms with van der Waals surface area (Å²) in [6, 6.07) is 16.6. The van der Waals surface area contributed by atoms with Crippen LogP contribution in [0.15, 0.2) is 54.6 Å². The van der Waals surface area contributed by atoms with Crippen LogP contribution in [0.4, 0.5) is 11.4 Å². The van der Waals surface area contributed by atoms with Gasteiger partial charge in [0, 0.05) is 0 Å². The highest BCUT2D eigenvalue weighted by atomic mass is 16.7. The Bertz CT molecular complexity index is 870. The second-order valence-electron chi connectivity index (χ2n) is 6.98. The average molecular weight is 380 g/mol. The van der Waals surface area contributed by atoms with E-state index >= 15 is 0 Å². The molecule has 0 saturated carbocycles. The van der Waals surface area contributed by atoms with Crippen LogP contribution in [0, 0.1) is 5.92 Å². The third kappa shape index (κ3) is 2.94. The molecule has 0 radical (unpaired) electrons. The number of hydroxylamine groups is 1. The van der Waals surface area contributed by atoms with Crippen molar-refractivity contribution in [2.45, 2.75) is 38.8 Å². The van der Waals surface area contributed by atoms with E-state index in [-0.39, 0.29) is 17.9 Å². The number of benzene rings is 2. The first-order valence-corrected chi connectivity index (χ1v) is 9.78. The molecule has 2 aromatic rings. The van der Waals surface area contributed by atoms with Gasteiger partial charge in [0.25, 0.3) is 5.91 Å². The molecule has 6 heteroatoms. The minimum Gasteiger partial charge on any atom is -0.492 e. The molecular weight excluding hydrogens is 356 g/mol. The number of ether oxygens (including phenoxy) is 1. The van der Waals surface area contributed by atoms with Crippen molar-refractivity contribution in [3.05, 3.63) is 54.6 Å². The first-order valence-electron chi connectivity index (χ1n) is 9.78. The number of anilines is 2. The topological polar surface area (TPSA) is 59.1 Å². The lowest BCUT2D eigenvalue weighted by molar-refractivity contribution is -0.126. The quantitative estimate of drug-likeness (QED) is 0.717. The van der Waals surface area contributed by atoms with Gasteiger partial charge < -0.3 is 4.74 Å². The molecule has 2 heterocycles. The van der Waals surface area contributed by atoms with Crippen LogP contribution < -0.4 is 14.7 Å². The molecule has 0 bridgehead atoms. The van der Waals surface area contributed by atoms with Gasteiger partial charge in [0.15, 0.2) is 6.10 Å². The summed E-state index contributed by atoms with van der Waals surface area (Å²) in [5, 5.41) is 1.75. The fourth-order valence-corrected chi connectivity index (χ4v) is 4.07. The number of rotatable bonds is 6. The highest BCUT2D eigenvalue weighted by Crippen LogP contribution is 2.43. The number of amides is 2. The van der Waals surface area contributed by atoms with Gasteiger partial charge >= 0.3 is 0 Å². The molecule has 28 heavy (non-hydrogen) atoms. The van der Waals surface area contributed by atoms with Crippen molar-refractivity contribution in [1.29, 1.82) is 0 Å². The van der Waals surface area contributed by atoms with Crippen LogP contribution >= 0.6 is 0 Å². The summed E-state index contributed by atoms with van der Waals surface area (Å²) in [5.41, 5.74) is 1.34. The van der Waals surface area contributed by atoms with Crippen molar-refractivity contribution < 1.29 is 19.2 Å². The van der Waals surface area contributed by atoms with Crippen LogP contribution in [0.5, 0.6) is 5.75 Å². The average Bonchev–Trinajstić information content (AvgIpc) is 3.20. The lowest BCUT2D eigenvalue weighted by Crippen LogP contribution is -2.40. The van der Waals surface area contributed by atoms with Crippen molar-refractivity contribution in [3.63, 3.8) is 0 Å². The van der Waals surface area contributed by atoms with Crippen LogP contribution in [-0.4, -0.2) is 30.6 Å². The predicted octanol–water partition coefficient (Wildman–Crippen LogP) is 3.56. The monoisotopic (exact) mass is 380 g/mol. The van der Waals surface area contributed by atoms with Crippen molar-refractivity contribution in [1.82, 2.24) is 0 Å². The first kappa shape index (κ1) is 18.5. The maximum Gasteiger partial charge on any atom is 0.266 e. The molecule has 2 amide bonds. The zero-order valence-corrected chi connectivity index (χ0v) is 16.1. The van der Waals surface area contributed by atoms with E-state index in [4.69, 9.17) is 9.57 Å². The van der Waals surface area contributed by atoms with Crippen LogP contribution in [0.3, 0.4) is 0 Å². The van der Waals surface area contributed by atoms with Gasteiger partial charge in [-0.2, -0.15) is 0 Å². The Morgan fingerprint density at radius 3 is 2.39 bits per heavy atom. The van der Waals surface area contributed by atoms with Crippen molar-refractivity contribution >= 4 is 23.2 Å². The zero-order valence-electron chi connectivity index (χ0n) is 16.1. The smallest absolute Gasteiger partial charge is 0.266 e. The molecule has 2 aliphatic rings. The molecule has 146 valence electrons. The van der Waals surface area contributed by atoms with Crippen LogP contribution in [0.2, 0.25) is 0 Å². The van der Waals surface area contributed by atoms with E-state index in [1.807, 2.05) is 43.3 Å². The second kappa shape index (κ2) is 7.64. The Morgan fingerprint density at radius 1 is 0.964 bits per heavy atom. The molecule has 6 nitrogen and oxygen atoms in total. The van der Waals surface area contributed by atoms with Gasteiger partial charge in [-0.15, -0.1) is 0 Å². The van der Waals surface area contributed by atoms with Gasteiger partial charge in [0.1, 0.15) is 5.75 Å². The standard InChI is InChI=1S/C22H24N2O4/c1-3-10-17-19-20(28-24(17)15-11-6-5-7-12-15)22(26)23(21(19)25)16-13-8-9-14-18(16)27-4-2/h5-9,11-14,17,19-20H,3-4,10H2,1-2H3/t17-,19-,20-/m0/s1. The molecule has 3 atom stereocenters. The Labute approximate surface area is 164 Å². The molecule has 0 spiro atoms.